The van der Waals surface area contributed by atoms with Gasteiger partial charge in [0.1, 0.15) is 0 Å². The maximum Gasteiger partial charge on any atom is 0.162 e. The third-order valence-corrected chi connectivity index (χ3v) is 3.82. The van der Waals surface area contributed by atoms with E-state index in [1.165, 1.54) is 38.5 Å². The zero-order chi connectivity index (χ0) is 13.2. The van der Waals surface area contributed by atoms with Crippen molar-refractivity contribution in [1.82, 2.24) is 0 Å². The lowest BCUT2D eigenvalue weighted by atomic mass is 10.0. The minimum Gasteiger partial charge on any atom is -0.294 e. The van der Waals surface area contributed by atoms with Crippen molar-refractivity contribution < 1.29 is 4.79 Å². The quantitative estimate of drug-likeness (QED) is 0.318. The zero-order valence-corrected chi connectivity index (χ0v) is 13.4. The second-order valence-corrected chi connectivity index (χ2v) is 6.05. The van der Waals surface area contributed by atoms with Crippen LogP contribution in [0.3, 0.4) is 0 Å². The summed E-state index contributed by atoms with van der Waals surface area (Å²) in [5.74, 6) is 0.294. The standard InChI is InChI=1S/C16H23IO/c1-2-3-4-5-6-7-8-12-16(18)14-10-9-11-15(17)13-14/h9-11,13H,2-8,12H2,1H3. The summed E-state index contributed by atoms with van der Waals surface area (Å²) in [5, 5.41) is 0. The topological polar surface area (TPSA) is 17.1 Å². The maximum atomic E-state index is 11.9. The highest BCUT2D eigenvalue weighted by Crippen LogP contribution is 2.13. The average Bonchev–Trinajstić information content (AvgIpc) is 2.37. The molecule has 1 aromatic rings. The van der Waals surface area contributed by atoms with Crippen molar-refractivity contribution in [2.24, 2.45) is 0 Å². The third kappa shape index (κ3) is 6.53. The fourth-order valence-electron chi connectivity index (χ4n) is 2.05. The second kappa shape index (κ2) is 9.54. The van der Waals surface area contributed by atoms with Crippen LogP contribution in [0.5, 0.6) is 0 Å². The molecule has 1 aromatic carbocycles. The molecule has 0 saturated heterocycles. The van der Waals surface area contributed by atoms with Crippen molar-refractivity contribution >= 4 is 28.4 Å². The first-order valence-electron chi connectivity index (χ1n) is 7.03. The summed E-state index contributed by atoms with van der Waals surface area (Å²) in [6.45, 7) is 2.24. The highest BCUT2D eigenvalue weighted by Gasteiger charge is 2.05. The largest absolute Gasteiger partial charge is 0.294 e. The fraction of sp³-hybridized carbons (Fsp3) is 0.562. The molecule has 1 nitrogen and oxygen atoms in total. The van der Waals surface area contributed by atoms with Crippen LogP contribution in [0.25, 0.3) is 0 Å². The Kier molecular flexibility index (Phi) is 8.31. The van der Waals surface area contributed by atoms with E-state index in [9.17, 15) is 4.79 Å². The van der Waals surface area contributed by atoms with Gasteiger partial charge in [-0.3, -0.25) is 4.79 Å². The van der Waals surface area contributed by atoms with Gasteiger partial charge >= 0.3 is 0 Å². The number of unbranched alkanes of at least 4 members (excludes halogenated alkanes) is 6. The van der Waals surface area contributed by atoms with E-state index in [1.807, 2.05) is 24.3 Å². The Morgan fingerprint density at radius 2 is 1.72 bits per heavy atom. The lowest BCUT2D eigenvalue weighted by molar-refractivity contribution is 0.0979. The number of benzene rings is 1. The summed E-state index contributed by atoms with van der Waals surface area (Å²) in [6.07, 6.45) is 9.53. The summed E-state index contributed by atoms with van der Waals surface area (Å²) in [5.41, 5.74) is 0.868. The Hall–Kier alpha value is -0.380. The number of hydrogen-bond donors (Lipinski definition) is 0. The van der Waals surface area contributed by atoms with Gasteiger partial charge in [0.15, 0.2) is 5.78 Å². The molecule has 0 atom stereocenters. The van der Waals surface area contributed by atoms with Crippen molar-refractivity contribution in [1.29, 1.82) is 0 Å². The Bertz CT molecular complexity index is 360. The smallest absolute Gasteiger partial charge is 0.162 e. The average molecular weight is 358 g/mol. The van der Waals surface area contributed by atoms with Crippen LogP contribution in [-0.2, 0) is 0 Å². The van der Waals surface area contributed by atoms with Gasteiger partial charge in [0, 0.05) is 15.6 Å². The van der Waals surface area contributed by atoms with E-state index < -0.39 is 0 Å². The van der Waals surface area contributed by atoms with Crippen LogP contribution >= 0.6 is 22.6 Å². The number of rotatable bonds is 9. The Morgan fingerprint density at radius 1 is 1.06 bits per heavy atom. The normalized spacial score (nSPS) is 10.6. The molecule has 1 rings (SSSR count). The van der Waals surface area contributed by atoms with Crippen LogP contribution in [0.1, 0.15) is 68.6 Å². The predicted octanol–water partition coefficient (Wildman–Crippen LogP) is 5.61. The first kappa shape index (κ1) is 15.7. The summed E-state index contributed by atoms with van der Waals surface area (Å²) in [6, 6.07) is 7.88. The second-order valence-electron chi connectivity index (χ2n) is 4.80. The van der Waals surface area contributed by atoms with E-state index in [2.05, 4.69) is 29.5 Å². The first-order valence-corrected chi connectivity index (χ1v) is 8.10. The first-order chi connectivity index (χ1) is 8.74. The minimum atomic E-state index is 0.294. The Labute approximate surface area is 125 Å². The molecule has 0 aromatic heterocycles. The van der Waals surface area contributed by atoms with Gasteiger partial charge in [-0.1, -0.05) is 57.6 Å². The van der Waals surface area contributed by atoms with Gasteiger partial charge in [0.25, 0.3) is 0 Å². The van der Waals surface area contributed by atoms with Crippen LogP contribution in [0.4, 0.5) is 0 Å². The van der Waals surface area contributed by atoms with Gasteiger partial charge < -0.3 is 0 Å². The fourth-order valence-corrected chi connectivity index (χ4v) is 2.59. The number of hydrogen-bond acceptors (Lipinski definition) is 1. The van der Waals surface area contributed by atoms with Gasteiger partial charge in [-0.05, 0) is 41.1 Å². The number of carbonyl (C=O) groups excluding carboxylic acids is 1. The molecule has 0 bridgehead atoms. The van der Waals surface area contributed by atoms with E-state index in [0.29, 0.717) is 12.2 Å². The van der Waals surface area contributed by atoms with Crippen LogP contribution in [0, 0.1) is 3.57 Å². The monoisotopic (exact) mass is 358 g/mol. The Balaban J connectivity index is 2.14. The van der Waals surface area contributed by atoms with Crippen LogP contribution in [0.15, 0.2) is 24.3 Å². The molecule has 0 radical (unpaired) electrons. The van der Waals surface area contributed by atoms with Crippen molar-refractivity contribution in [3.63, 3.8) is 0 Å². The van der Waals surface area contributed by atoms with Gasteiger partial charge in [0.05, 0.1) is 0 Å². The van der Waals surface area contributed by atoms with Gasteiger partial charge in [-0.2, -0.15) is 0 Å². The van der Waals surface area contributed by atoms with Gasteiger partial charge in [-0.25, -0.2) is 0 Å². The highest BCUT2D eigenvalue weighted by atomic mass is 127. The van der Waals surface area contributed by atoms with E-state index >= 15 is 0 Å². The van der Waals surface area contributed by atoms with E-state index in [0.717, 1.165) is 15.6 Å². The van der Waals surface area contributed by atoms with Gasteiger partial charge in [-0.15, -0.1) is 0 Å². The molecule has 100 valence electrons. The molecule has 0 amide bonds. The lowest BCUT2D eigenvalue weighted by Crippen LogP contribution is -1.99. The summed E-state index contributed by atoms with van der Waals surface area (Å²) in [7, 11) is 0. The SMILES string of the molecule is CCCCCCCCCC(=O)c1cccc(I)c1. The van der Waals surface area contributed by atoms with Crippen LogP contribution < -0.4 is 0 Å². The van der Waals surface area contributed by atoms with E-state index in [4.69, 9.17) is 0 Å². The summed E-state index contributed by atoms with van der Waals surface area (Å²) in [4.78, 5) is 11.9. The van der Waals surface area contributed by atoms with Crippen LogP contribution in [-0.4, -0.2) is 5.78 Å². The molecule has 0 N–H and O–H groups in total. The van der Waals surface area contributed by atoms with Crippen molar-refractivity contribution in [2.45, 2.75) is 58.3 Å². The summed E-state index contributed by atoms with van der Waals surface area (Å²) >= 11 is 2.25. The Morgan fingerprint density at radius 3 is 2.39 bits per heavy atom. The summed E-state index contributed by atoms with van der Waals surface area (Å²) < 4.78 is 1.14. The third-order valence-electron chi connectivity index (χ3n) is 3.15. The van der Waals surface area contributed by atoms with Crippen molar-refractivity contribution in [3.8, 4) is 0 Å². The molecule has 0 spiro atoms. The van der Waals surface area contributed by atoms with Crippen molar-refractivity contribution in [2.75, 3.05) is 0 Å². The molecular formula is C16H23IO. The molecule has 18 heavy (non-hydrogen) atoms. The maximum absolute atomic E-state index is 11.9. The number of Topliss-reactive ketones (excluding diaryl/α,β-unsaturated/α-hetero) is 1. The molecule has 0 aliphatic rings. The van der Waals surface area contributed by atoms with E-state index in [1.54, 1.807) is 0 Å². The van der Waals surface area contributed by atoms with E-state index in [-0.39, 0.29) is 0 Å². The predicted molar refractivity (Wildman–Crippen MR) is 86.1 cm³/mol. The van der Waals surface area contributed by atoms with Crippen LogP contribution in [0.2, 0.25) is 0 Å². The molecule has 0 fully saturated rings. The molecule has 0 aliphatic heterocycles. The number of halogens is 1. The molecule has 0 unspecified atom stereocenters. The van der Waals surface area contributed by atoms with Crippen molar-refractivity contribution in [3.05, 3.63) is 33.4 Å². The number of carbonyl (C=O) groups is 1. The zero-order valence-electron chi connectivity index (χ0n) is 11.3. The van der Waals surface area contributed by atoms with Gasteiger partial charge in [0.2, 0.25) is 0 Å². The highest BCUT2D eigenvalue weighted by molar-refractivity contribution is 14.1. The molecule has 0 saturated carbocycles. The molecular weight excluding hydrogens is 335 g/mol. The molecule has 2 heteroatoms. The molecule has 0 heterocycles. The lowest BCUT2D eigenvalue weighted by Gasteiger charge is -2.02. The molecule has 0 aliphatic carbocycles. The number of ketones is 1. The minimum absolute atomic E-state index is 0.294.